The Morgan fingerprint density at radius 2 is 1.81 bits per heavy atom. The predicted octanol–water partition coefficient (Wildman–Crippen LogP) is 2.72. The summed E-state index contributed by atoms with van der Waals surface area (Å²) in [6.07, 6.45) is 1.19. The van der Waals surface area contributed by atoms with E-state index in [1.54, 1.807) is 5.20 Å². The molecule has 0 saturated carbocycles. The molecule has 0 amide bonds. The van der Waals surface area contributed by atoms with E-state index in [4.69, 9.17) is 0 Å². The minimum Gasteiger partial charge on any atom is -0.0677 e. The Kier molecular flexibility index (Phi) is 2.63. The third-order valence-electron chi connectivity index (χ3n) is 3.46. The molecule has 0 heterocycles. The molecule has 1 aromatic rings. The quantitative estimate of drug-likeness (QED) is 0.667. The molecule has 0 unspecified atom stereocenters. The SMILES string of the molecule is CC1(C)Cc2cccc(=[Si])c2=C1[Si](C)(C)C. The lowest BCUT2D eigenvalue weighted by atomic mass is 9.91. The van der Waals surface area contributed by atoms with Crippen LogP contribution in [0.1, 0.15) is 19.4 Å². The van der Waals surface area contributed by atoms with E-state index in [2.05, 4.69) is 61.5 Å². The van der Waals surface area contributed by atoms with Crippen LogP contribution in [0.15, 0.2) is 18.2 Å². The van der Waals surface area contributed by atoms with Gasteiger partial charge in [0.2, 0.25) is 0 Å². The smallest absolute Gasteiger partial charge is 0.0677 e. The summed E-state index contributed by atoms with van der Waals surface area (Å²) in [7, 11) is 2.53. The second-order valence-electron chi connectivity index (χ2n) is 6.53. The molecule has 0 N–H and O–H groups in total. The van der Waals surface area contributed by atoms with Crippen LogP contribution in [0, 0.1) is 10.2 Å². The molecule has 0 aliphatic heterocycles. The van der Waals surface area contributed by atoms with Gasteiger partial charge in [-0.1, -0.05) is 56.9 Å². The summed E-state index contributed by atoms with van der Waals surface area (Å²) < 4.78 is 0. The average Bonchev–Trinajstić information content (AvgIpc) is 2.35. The van der Waals surface area contributed by atoms with Gasteiger partial charge in [0, 0.05) is 9.85 Å². The van der Waals surface area contributed by atoms with Gasteiger partial charge in [0.05, 0.1) is 8.07 Å². The molecule has 84 valence electrons. The number of benzene rings is 1. The van der Waals surface area contributed by atoms with Crippen molar-refractivity contribution in [2.75, 3.05) is 0 Å². The summed E-state index contributed by atoms with van der Waals surface area (Å²) in [5.74, 6) is 0. The molecule has 1 aliphatic rings. The van der Waals surface area contributed by atoms with Gasteiger partial charge in [-0.15, -0.1) is 0 Å². The first kappa shape index (κ1) is 12.0. The normalized spacial score (nSPS) is 18.7. The topological polar surface area (TPSA) is 0 Å². The number of fused-ring (bicyclic) bond motifs is 1. The van der Waals surface area contributed by atoms with Crippen molar-refractivity contribution in [2.24, 2.45) is 5.41 Å². The summed E-state index contributed by atoms with van der Waals surface area (Å²) in [6, 6.07) is 6.62. The number of hydrogen-bond acceptors (Lipinski definition) is 0. The van der Waals surface area contributed by atoms with Gasteiger partial charge in [0.1, 0.15) is 0 Å². The van der Waals surface area contributed by atoms with Crippen LogP contribution >= 0.6 is 0 Å². The molecular formula is C14H20Si2. The molecule has 2 rings (SSSR count). The maximum absolute atomic E-state index is 3.79. The van der Waals surface area contributed by atoms with Crippen molar-refractivity contribution in [3.8, 4) is 0 Å². The van der Waals surface area contributed by atoms with E-state index >= 15 is 0 Å². The Labute approximate surface area is 102 Å². The monoisotopic (exact) mass is 244 g/mol. The molecule has 0 nitrogen and oxygen atoms in total. The Bertz CT molecular complexity index is 533. The van der Waals surface area contributed by atoms with Crippen LogP contribution < -0.4 is 5.22 Å². The largest absolute Gasteiger partial charge is 0.0739 e. The first-order valence-electron chi connectivity index (χ1n) is 5.95. The van der Waals surface area contributed by atoms with Crippen LogP contribution in [-0.4, -0.2) is 17.9 Å². The zero-order valence-corrected chi connectivity index (χ0v) is 12.9. The molecule has 16 heavy (non-hydrogen) atoms. The Morgan fingerprint density at radius 3 is 2.38 bits per heavy atom. The molecule has 0 aromatic heterocycles. The number of hydrogen-bond donors (Lipinski definition) is 0. The first-order valence-corrected chi connectivity index (χ1v) is 9.95. The van der Waals surface area contributed by atoms with Gasteiger partial charge in [0.25, 0.3) is 0 Å². The molecule has 0 spiro atoms. The third-order valence-corrected chi connectivity index (χ3v) is 6.30. The Hall–Kier alpha value is -0.476. The van der Waals surface area contributed by atoms with E-state index in [-0.39, 0.29) is 0 Å². The maximum atomic E-state index is 3.79. The van der Waals surface area contributed by atoms with E-state index in [1.165, 1.54) is 22.0 Å². The molecule has 0 bridgehead atoms. The van der Waals surface area contributed by atoms with Gasteiger partial charge < -0.3 is 0 Å². The lowest BCUT2D eigenvalue weighted by Gasteiger charge is -2.31. The highest BCUT2D eigenvalue weighted by molar-refractivity contribution is 6.92. The van der Waals surface area contributed by atoms with Gasteiger partial charge in [-0.25, -0.2) is 0 Å². The van der Waals surface area contributed by atoms with Gasteiger partial charge >= 0.3 is 0 Å². The minimum atomic E-state index is -1.26. The highest BCUT2D eigenvalue weighted by Crippen LogP contribution is 2.40. The van der Waals surface area contributed by atoms with Crippen LogP contribution in [0.4, 0.5) is 0 Å². The molecule has 0 saturated heterocycles. The fourth-order valence-corrected chi connectivity index (χ4v) is 7.01. The van der Waals surface area contributed by atoms with Crippen molar-refractivity contribution >= 4 is 23.1 Å². The minimum absolute atomic E-state index is 0.343. The summed E-state index contributed by atoms with van der Waals surface area (Å²) in [4.78, 5) is 1.28. The van der Waals surface area contributed by atoms with Gasteiger partial charge in [-0.2, -0.15) is 0 Å². The van der Waals surface area contributed by atoms with Crippen LogP contribution in [-0.2, 0) is 6.42 Å². The van der Waals surface area contributed by atoms with Crippen LogP contribution in [0.3, 0.4) is 0 Å². The number of rotatable bonds is 1. The lowest BCUT2D eigenvalue weighted by molar-refractivity contribution is 0.520. The fraction of sp³-hybridized carbons (Fsp3) is 0.500. The van der Waals surface area contributed by atoms with E-state index in [9.17, 15) is 0 Å². The first-order chi connectivity index (χ1) is 7.23. The van der Waals surface area contributed by atoms with Crippen molar-refractivity contribution in [1.82, 2.24) is 0 Å². The zero-order valence-electron chi connectivity index (χ0n) is 10.9. The van der Waals surface area contributed by atoms with Gasteiger partial charge in [-0.3, -0.25) is 0 Å². The van der Waals surface area contributed by atoms with E-state index < -0.39 is 8.07 Å². The molecule has 1 aliphatic carbocycles. The molecule has 0 fully saturated rings. The predicted molar refractivity (Wildman–Crippen MR) is 74.9 cm³/mol. The summed E-state index contributed by atoms with van der Waals surface area (Å²) in [5.41, 5.74) is 1.87. The van der Waals surface area contributed by atoms with Gasteiger partial charge in [-0.05, 0) is 27.4 Å². The highest BCUT2D eigenvalue weighted by Gasteiger charge is 2.38. The van der Waals surface area contributed by atoms with E-state index in [0.29, 0.717) is 5.41 Å². The third kappa shape index (κ3) is 1.78. The second-order valence-corrected chi connectivity index (χ2v) is 12.1. The fourth-order valence-electron chi connectivity index (χ4n) is 3.34. The summed E-state index contributed by atoms with van der Waals surface area (Å²) >= 11 is 0. The van der Waals surface area contributed by atoms with Crippen LogP contribution in [0.2, 0.25) is 19.6 Å². The Balaban J connectivity index is 2.91. The van der Waals surface area contributed by atoms with E-state index in [1.807, 2.05) is 0 Å². The van der Waals surface area contributed by atoms with Crippen molar-refractivity contribution in [3.63, 3.8) is 0 Å². The van der Waals surface area contributed by atoms with Gasteiger partial charge in [0.15, 0.2) is 0 Å². The summed E-state index contributed by atoms with van der Waals surface area (Å²) in [6.45, 7) is 12.2. The van der Waals surface area contributed by atoms with Crippen molar-refractivity contribution in [3.05, 3.63) is 33.8 Å². The van der Waals surface area contributed by atoms with Crippen LogP contribution in [0.5, 0.6) is 0 Å². The van der Waals surface area contributed by atoms with Crippen LogP contribution in [0.25, 0.3) is 5.20 Å². The lowest BCUT2D eigenvalue weighted by Crippen LogP contribution is -2.34. The summed E-state index contributed by atoms with van der Waals surface area (Å²) in [5, 5.41) is 3.24. The molecule has 2 heteroatoms. The highest BCUT2D eigenvalue weighted by atomic mass is 28.3. The standard InChI is InChI=1S/C14H20Si2/c1-14(2)9-10-7-6-8-11(15)12(10)13(14)16(3,4)5/h6-8H,9H2,1-5H3. The second kappa shape index (κ2) is 3.51. The maximum Gasteiger partial charge on any atom is 0.0739 e. The Morgan fingerprint density at radius 1 is 1.19 bits per heavy atom. The zero-order chi connectivity index (χ0) is 12.1. The van der Waals surface area contributed by atoms with E-state index in [0.717, 1.165) is 0 Å². The van der Waals surface area contributed by atoms with Crippen molar-refractivity contribution in [2.45, 2.75) is 39.9 Å². The molecule has 2 radical (unpaired) electrons. The molecule has 1 aromatic carbocycles. The molecule has 0 atom stereocenters. The van der Waals surface area contributed by atoms with Crippen molar-refractivity contribution < 1.29 is 0 Å². The average molecular weight is 244 g/mol. The van der Waals surface area contributed by atoms with Crippen molar-refractivity contribution in [1.29, 1.82) is 0 Å². The molecular weight excluding hydrogens is 224 g/mol.